The zero-order valence-electron chi connectivity index (χ0n) is 19.8. The fourth-order valence-electron chi connectivity index (χ4n) is 2.98. The first-order valence-electron chi connectivity index (χ1n) is 11.1. The monoisotopic (exact) mass is 528 g/mol. The highest BCUT2D eigenvalue weighted by molar-refractivity contribution is 5.40. The van der Waals surface area contributed by atoms with Crippen molar-refractivity contribution in [2.45, 2.75) is 6.54 Å². The number of anilines is 2. The van der Waals surface area contributed by atoms with E-state index in [0.29, 0.717) is 32.9 Å². The molecule has 3 rings (SSSR count). The molecule has 0 unspecified atom stereocenters. The molecule has 0 saturated carbocycles. The van der Waals surface area contributed by atoms with Crippen molar-refractivity contribution < 1.29 is 36.2 Å². The highest BCUT2D eigenvalue weighted by atomic mass is 19.2. The third-order valence-corrected chi connectivity index (χ3v) is 4.73. The molecule has 2 aromatic carbocycles. The van der Waals surface area contributed by atoms with Crippen LogP contribution in [-0.4, -0.2) is 61.5 Å². The van der Waals surface area contributed by atoms with E-state index in [1.807, 2.05) is 30.3 Å². The van der Waals surface area contributed by atoms with Crippen LogP contribution >= 0.6 is 0 Å². The molecule has 0 atom stereocenters. The van der Waals surface area contributed by atoms with E-state index < -0.39 is 40.8 Å². The van der Waals surface area contributed by atoms with Gasteiger partial charge >= 0.3 is 6.01 Å². The Morgan fingerprint density at radius 3 is 2.08 bits per heavy atom. The third kappa shape index (κ3) is 7.68. The smallest absolute Gasteiger partial charge is 0.328 e. The van der Waals surface area contributed by atoms with Gasteiger partial charge in [-0.2, -0.15) is 23.7 Å². The average molecular weight is 528 g/mol. The Morgan fingerprint density at radius 2 is 1.43 bits per heavy atom. The molecule has 0 saturated heterocycles. The summed E-state index contributed by atoms with van der Waals surface area (Å²) in [6.45, 7) is 2.26. The average Bonchev–Trinajstić information content (AvgIpc) is 2.91. The van der Waals surface area contributed by atoms with Crippen LogP contribution < -0.4 is 20.7 Å². The van der Waals surface area contributed by atoms with Gasteiger partial charge in [0.2, 0.25) is 46.7 Å². The van der Waals surface area contributed by atoms with Crippen molar-refractivity contribution in [3.63, 3.8) is 0 Å². The van der Waals surface area contributed by atoms with Crippen molar-refractivity contribution >= 4 is 11.9 Å². The number of hydrogen-bond acceptors (Lipinski definition) is 9. The molecule has 0 fully saturated rings. The summed E-state index contributed by atoms with van der Waals surface area (Å²) in [5, 5.41) is 2.84. The highest BCUT2D eigenvalue weighted by Crippen LogP contribution is 2.32. The summed E-state index contributed by atoms with van der Waals surface area (Å²) in [4.78, 5) is 13.7. The fraction of sp³-hybridized carbons (Fsp3) is 0.348. The lowest BCUT2D eigenvalue weighted by atomic mass is 10.2. The van der Waals surface area contributed by atoms with E-state index in [1.54, 1.807) is 11.9 Å². The second-order valence-corrected chi connectivity index (χ2v) is 7.52. The molecule has 3 N–H and O–H groups in total. The van der Waals surface area contributed by atoms with E-state index in [9.17, 15) is 22.0 Å². The number of aromatic nitrogens is 3. The van der Waals surface area contributed by atoms with Gasteiger partial charge in [0.05, 0.1) is 26.4 Å². The van der Waals surface area contributed by atoms with Gasteiger partial charge in [-0.3, -0.25) is 0 Å². The predicted molar refractivity (Wildman–Crippen MR) is 124 cm³/mol. The van der Waals surface area contributed by atoms with Crippen LogP contribution in [0.2, 0.25) is 0 Å². The minimum Gasteiger partial charge on any atom is -0.418 e. The Kier molecular flexibility index (Phi) is 10.3. The number of rotatable bonds is 14. The summed E-state index contributed by atoms with van der Waals surface area (Å²) < 4.78 is 84.5. The standard InChI is InChI=1S/C23H25F5N6O3/c1-34(13-14-5-3-2-4-6-14)22-31-21(30-8-10-36-12-11-35-9-7-29)32-23(33-22)37-20-18(27)16(25)15(24)17(26)19(20)28/h2-6H,7-13,29H2,1H3,(H,30,31,32,33). The van der Waals surface area contributed by atoms with Gasteiger partial charge in [-0.25, -0.2) is 13.2 Å². The van der Waals surface area contributed by atoms with Crippen molar-refractivity contribution in [2.24, 2.45) is 5.73 Å². The molecular weight excluding hydrogens is 503 g/mol. The molecular formula is C23H25F5N6O3. The summed E-state index contributed by atoms with van der Waals surface area (Å²) >= 11 is 0. The Labute approximate surface area is 209 Å². The van der Waals surface area contributed by atoms with E-state index in [0.717, 1.165) is 5.56 Å². The van der Waals surface area contributed by atoms with Gasteiger partial charge in [-0.05, 0) is 5.56 Å². The van der Waals surface area contributed by atoms with Gasteiger partial charge in [0, 0.05) is 26.7 Å². The van der Waals surface area contributed by atoms with Crippen LogP contribution in [0.1, 0.15) is 5.56 Å². The topological polar surface area (TPSA) is 108 Å². The van der Waals surface area contributed by atoms with Crippen molar-refractivity contribution in [3.05, 3.63) is 65.0 Å². The van der Waals surface area contributed by atoms with Crippen LogP contribution in [0, 0.1) is 29.1 Å². The van der Waals surface area contributed by atoms with Gasteiger partial charge < -0.3 is 30.2 Å². The summed E-state index contributed by atoms with van der Waals surface area (Å²) in [6.07, 6.45) is 0. The predicted octanol–water partition coefficient (Wildman–Crippen LogP) is 3.40. The summed E-state index contributed by atoms with van der Waals surface area (Å²) in [5.74, 6) is -12.5. The first-order chi connectivity index (χ1) is 17.8. The lowest BCUT2D eigenvalue weighted by Crippen LogP contribution is -2.21. The zero-order chi connectivity index (χ0) is 26.8. The van der Waals surface area contributed by atoms with Gasteiger partial charge in [-0.1, -0.05) is 30.3 Å². The minimum atomic E-state index is -2.31. The van der Waals surface area contributed by atoms with Gasteiger partial charge in [0.25, 0.3) is 0 Å². The molecule has 9 nitrogen and oxygen atoms in total. The second-order valence-electron chi connectivity index (χ2n) is 7.52. The Bertz CT molecular complexity index is 1150. The third-order valence-electron chi connectivity index (χ3n) is 4.73. The molecule has 1 aromatic heterocycles. The molecule has 0 radical (unpaired) electrons. The van der Waals surface area contributed by atoms with Crippen LogP contribution in [0.3, 0.4) is 0 Å². The van der Waals surface area contributed by atoms with E-state index in [2.05, 4.69) is 20.3 Å². The number of halogens is 5. The Morgan fingerprint density at radius 1 is 0.811 bits per heavy atom. The van der Waals surface area contributed by atoms with Crippen LogP contribution in [-0.2, 0) is 16.0 Å². The molecule has 0 aliphatic heterocycles. The van der Waals surface area contributed by atoms with Crippen molar-refractivity contribution in [1.29, 1.82) is 0 Å². The maximum absolute atomic E-state index is 14.2. The first-order valence-corrected chi connectivity index (χ1v) is 11.1. The van der Waals surface area contributed by atoms with Crippen LogP contribution in [0.25, 0.3) is 0 Å². The van der Waals surface area contributed by atoms with Crippen molar-refractivity contribution in [1.82, 2.24) is 15.0 Å². The maximum Gasteiger partial charge on any atom is 0.328 e. The fourth-order valence-corrected chi connectivity index (χ4v) is 2.98. The van der Waals surface area contributed by atoms with Gasteiger partial charge in [-0.15, -0.1) is 0 Å². The zero-order valence-corrected chi connectivity index (χ0v) is 19.8. The second kappa shape index (κ2) is 13.6. The number of ether oxygens (including phenoxy) is 3. The molecule has 0 spiro atoms. The number of hydrogen-bond donors (Lipinski definition) is 2. The van der Waals surface area contributed by atoms with Gasteiger partial charge in [0.1, 0.15) is 0 Å². The number of benzene rings is 2. The van der Waals surface area contributed by atoms with Crippen molar-refractivity contribution in [2.75, 3.05) is 56.8 Å². The maximum atomic E-state index is 14.2. The molecule has 14 heteroatoms. The molecule has 0 aliphatic rings. The number of nitrogens with one attached hydrogen (secondary N) is 1. The normalized spacial score (nSPS) is 11.0. The minimum absolute atomic E-state index is 0.0105. The lowest BCUT2D eigenvalue weighted by molar-refractivity contribution is 0.0547. The molecule has 37 heavy (non-hydrogen) atoms. The van der Waals surface area contributed by atoms with E-state index >= 15 is 0 Å². The molecule has 3 aromatic rings. The Balaban J connectivity index is 1.80. The molecule has 1 heterocycles. The molecule has 0 amide bonds. The molecule has 0 bridgehead atoms. The largest absolute Gasteiger partial charge is 0.418 e. The molecule has 200 valence electrons. The summed E-state index contributed by atoms with van der Waals surface area (Å²) in [7, 11) is 1.64. The SMILES string of the molecule is CN(Cc1ccccc1)c1nc(NCCOCCOCCN)nc(Oc2c(F)c(F)c(F)c(F)c2F)n1. The Hall–Kier alpha value is -3.62. The number of nitrogens with two attached hydrogens (primary N) is 1. The van der Waals surface area contributed by atoms with Crippen LogP contribution in [0.5, 0.6) is 11.8 Å². The molecule has 0 aliphatic carbocycles. The lowest BCUT2D eigenvalue weighted by Gasteiger charge is -2.19. The first kappa shape index (κ1) is 28.0. The number of nitrogens with zero attached hydrogens (tertiary/aromatic N) is 4. The van der Waals surface area contributed by atoms with Gasteiger partial charge in [0.15, 0.2) is 0 Å². The highest BCUT2D eigenvalue weighted by Gasteiger charge is 2.28. The van der Waals surface area contributed by atoms with E-state index in [4.69, 9.17) is 19.9 Å². The quantitative estimate of drug-likeness (QED) is 0.141. The van der Waals surface area contributed by atoms with Crippen molar-refractivity contribution in [3.8, 4) is 11.8 Å². The van der Waals surface area contributed by atoms with Crippen LogP contribution in [0.4, 0.5) is 33.8 Å². The summed E-state index contributed by atoms with van der Waals surface area (Å²) in [5.41, 5.74) is 6.22. The van der Waals surface area contributed by atoms with E-state index in [1.165, 1.54) is 0 Å². The summed E-state index contributed by atoms with van der Waals surface area (Å²) in [6, 6.07) is 8.54. The van der Waals surface area contributed by atoms with Crippen LogP contribution in [0.15, 0.2) is 30.3 Å². The van der Waals surface area contributed by atoms with E-state index in [-0.39, 0.29) is 25.0 Å².